The van der Waals surface area contributed by atoms with E-state index in [1.165, 1.54) is 0 Å². The normalized spacial score (nSPS) is 11.0. The summed E-state index contributed by atoms with van der Waals surface area (Å²) in [5, 5.41) is 8.61. The molecule has 4 aromatic rings. The predicted molar refractivity (Wildman–Crippen MR) is 94.0 cm³/mol. The van der Waals surface area contributed by atoms with E-state index in [2.05, 4.69) is 25.1 Å². The quantitative estimate of drug-likeness (QED) is 0.559. The van der Waals surface area contributed by atoms with Crippen LogP contribution in [0.1, 0.15) is 5.82 Å². The number of hydrogen-bond donors (Lipinski definition) is 2. The Hall–Kier alpha value is -3.75. The van der Waals surface area contributed by atoms with Crippen molar-refractivity contribution in [2.45, 2.75) is 6.42 Å². The first kappa shape index (κ1) is 15.8. The Kier molecular flexibility index (Phi) is 3.81. The third-order valence-electron chi connectivity index (χ3n) is 3.81. The number of aromatic nitrogens is 7. The molecule has 1 amide bonds. The molecule has 1 aromatic carbocycles. The lowest BCUT2D eigenvalue weighted by Gasteiger charge is -2.05. The minimum atomic E-state index is -0.482. The Balaban J connectivity index is 1.83. The molecule has 0 radical (unpaired) electrons. The number of carbonyl (C=O) groups excluding carboxylic acids is 1. The molecule has 26 heavy (non-hydrogen) atoms. The number of nitrogens with zero attached hydrogens (tertiary/aromatic N) is 6. The number of primary amides is 1. The standard InChI is InChI=1S/C17H16N8O/c1-24-10-13(9-21-24)25-17(22-15(23-25)8-14(18)26)12-4-2-3-11(7-12)16-19-5-6-20-16/h2-7,9-10H,8H2,1H3,(H2,18,26)(H,19,20). The molecule has 4 rings (SSSR count). The van der Waals surface area contributed by atoms with Crippen molar-refractivity contribution in [1.82, 2.24) is 34.5 Å². The van der Waals surface area contributed by atoms with Gasteiger partial charge in [0.05, 0.1) is 18.8 Å². The van der Waals surface area contributed by atoms with E-state index >= 15 is 0 Å². The summed E-state index contributed by atoms with van der Waals surface area (Å²) in [6, 6.07) is 7.77. The number of nitrogens with one attached hydrogen (secondary N) is 1. The maximum Gasteiger partial charge on any atom is 0.225 e. The first-order chi connectivity index (χ1) is 12.6. The SMILES string of the molecule is Cn1cc(-n2nc(CC(N)=O)nc2-c2cccc(-c3ncc[nH]3)c2)cn1. The molecule has 0 aliphatic rings. The van der Waals surface area contributed by atoms with Gasteiger partial charge in [0.25, 0.3) is 0 Å². The second kappa shape index (κ2) is 6.28. The molecular weight excluding hydrogens is 332 g/mol. The van der Waals surface area contributed by atoms with Crippen LogP contribution in [-0.2, 0) is 18.3 Å². The lowest BCUT2D eigenvalue weighted by atomic mass is 10.1. The molecule has 0 saturated heterocycles. The molecule has 0 fully saturated rings. The summed E-state index contributed by atoms with van der Waals surface area (Å²) in [6.45, 7) is 0. The highest BCUT2D eigenvalue weighted by Crippen LogP contribution is 2.25. The van der Waals surface area contributed by atoms with E-state index < -0.39 is 5.91 Å². The lowest BCUT2D eigenvalue weighted by molar-refractivity contribution is -0.117. The fourth-order valence-electron chi connectivity index (χ4n) is 2.70. The fourth-order valence-corrected chi connectivity index (χ4v) is 2.70. The van der Waals surface area contributed by atoms with E-state index in [-0.39, 0.29) is 6.42 Å². The van der Waals surface area contributed by atoms with E-state index in [0.29, 0.717) is 11.6 Å². The Morgan fingerprint density at radius 3 is 2.85 bits per heavy atom. The molecule has 3 aromatic heterocycles. The molecule has 9 heteroatoms. The number of benzene rings is 1. The third-order valence-corrected chi connectivity index (χ3v) is 3.81. The molecule has 3 heterocycles. The number of carbonyl (C=O) groups is 1. The molecule has 0 saturated carbocycles. The van der Waals surface area contributed by atoms with Crippen LogP contribution in [0.15, 0.2) is 49.1 Å². The molecule has 9 nitrogen and oxygen atoms in total. The molecule has 0 atom stereocenters. The summed E-state index contributed by atoms with van der Waals surface area (Å²) >= 11 is 0. The van der Waals surface area contributed by atoms with Crippen molar-refractivity contribution in [2.75, 3.05) is 0 Å². The van der Waals surface area contributed by atoms with Crippen LogP contribution in [-0.4, -0.2) is 40.4 Å². The van der Waals surface area contributed by atoms with Crippen molar-refractivity contribution in [3.8, 4) is 28.5 Å². The Morgan fingerprint density at radius 2 is 2.15 bits per heavy atom. The van der Waals surface area contributed by atoms with Crippen molar-refractivity contribution in [1.29, 1.82) is 0 Å². The van der Waals surface area contributed by atoms with Gasteiger partial charge in [-0.05, 0) is 6.07 Å². The molecular formula is C17H16N8O. The van der Waals surface area contributed by atoms with Gasteiger partial charge < -0.3 is 10.7 Å². The molecule has 0 spiro atoms. The summed E-state index contributed by atoms with van der Waals surface area (Å²) in [4.78, 5) is 23.2. The number of nitrogens with two attached hydrogens (primary N) is 1. The number of amides is 1. The Bertz CT molecular complexity index is 1060. The van der Waals surface area contributed by atoms with Gasteiger partial charge in [0.15, 0.2) is 11.6 Å². The Labute approximate surface area is 148 Å². The number of imidazole rings is 1. The molecule has 0 aliphatic carbocycles. The van der Waals surface area contributed by atoms with E-state index in [4.69, 9.17) is 5.73 Å². The first-order valence-electron chi connectivity index (χ1n) is 7.93. The van der Waals surface area contributed by atoms with Crippen molar-refractivity contribution in [3.63, 3.8) is 0 Å². The van der Waals surface area contributed by atoms with Crippen LogP contribution < -0.4 is 5.73 Å². The molecule has 3 N–H and O–H groups in total. The van der Waals surface area contributed by atoms with Crippen LogP contribution in [0.2, 0.25) is 0 Å². The number of aromatic amines is 1. The van der Waals surface area contributed by atoms with Gasteiger partial charge in [-0.1, -0.05) is 18.2 Å². The van der Waals surface area contributed by atoms with Crippen LogP contribution >= 0.6 is 0 Å². The average Bonchev–Trinajstić information content (AvgIpc) is 3.34. The first-order valence-corrected chi connectivity index (χ1v) is 7.93. The zero-order chi connectivity index (χ0) is 18.1. The monoisotopic (exact) mass is 348 g/mol. The summed E-state index contributed by atoms with van der Waals surface area (Å²) in [5.74, 6) is 1.24. The number of rotatable bonds is 5. The van der Waals surface area contributed by atoms with Crippen molar-refractivity contribution in [2.24, 2.45) is 12.8 Å². The van der Waals surface area contributed by atoms with Gasteiger partial charge in [-0.2, -0.15) is 10.2 Å². The van der Waals surface area contributed by atoms with Gasteiger partial charge in [0.1, 0.15) is 11.5 Å². The highest BCUT2D eigenvalue weighted by Gasteiger charge is 2.16. The van der Waals surface area contributed by atoms with E-state index in [1.807, 2.05) is 37.5 Å². The number of H-pyrrole nitrogens is 1. The molecule has 130 valence electrons. The summed E-state index contributed by atoms with van der Waals surface area (Å²) in [6.07, 6.45) is 6.94. The summed E-state index contributed by atoms with van der Waals surface area (Å²) < 4.78 is 3.33. The molecule has 0 bridgehead atoms. The number of aryl methyl sites for hydroxylation is 1. The van der Waals surface area contributed by atoms with E-state index in [9.17, 15) is 4.79 Å². The van der Waals surface area contributed by atoms with Crippen LogP contribution in [0, 0.1) is 0 Å². The predicted octanol–water partition coefficient (Wildman–Crippen LogP) is 1.09. The molecule has 0 unspecified atom stereocenters. The Morgan fingerprint density at radius 1 is 1.31 bits per heavy atom. The zero-order valence-corrected chi connectivity index (χ0v) is 14.0. The van der Waals surface area contributed by atoms with Gasteiger partial charge in [0, 0.05) is 30.6 Å². The van der Waals surface area contributed by atoms with Crippen LogP contribution in [0.25, 0.3) is 28.5 Å². The van der Waals surface area contributed by atoms with Gasteiger partial charge in [-0.25, -0.2) is 14.6 Å². The summed E-state index contributed by atoms with van der Waals surface area (Å²) in [7, 11) is 1.82. The van der Waals surface area contributed by atoms with Gasteiger partial charge in [-0.3, -0.25) is 9.48 Å². The van der Waals surface area contributed by atoms with Crippen LogP contribution in [0.3, 0.4) is 0 Å². The maximum atomic E-state index is 11.3. The van der Waals surface area contributed by atoms with Gasteiger partial charge in [0.2, 0.25) is 5.91 Å². The van der Waals surface area contributed by atoms with E-state index in [0.717, 1.165) is 22.6 Å². The average molecular weight is 348 g/mol. The second-order valence-corrected chi connectivity index (χ2v) is 5.80. The minimum Gasteiger partial charge on any atom is -0.369 e. The second-order valence-electron chi connectivity index (χ2n) is 5.80. The van der Waals surface area contributed by atoms with Gasteiger partial charge in [-0.15, -0.1) is 0 Å². The highest BCUT2D eigenvalue weighted by atomic mass is 16.1. The largest absolute Gasteiger partial charge is 0.369 e. The maximum absolute atomic E-state index is 11.3. The topological polar surface area (TPSA) is 120 Å². The minimum absolute atomic E-state index is 0.0296. The fraction of sp³-hybridized carbons (Fsp3) is 0.118. The van der Waals surface area contributed by atoms with Crippen LogP contribution in [0.4, 0.5) is 0 Å². The van der Waals surface area contributed by atoms with Crippen molar-refractivity contribution in [3.05, 3.63) is 54.9 Å². The highest BCUT2D eigenvalue weighted by molar-refractivity contribution is 5.76. The lowest BCUT2D eigenvalue weighted by Crippen LogP contribution is -2.14. The van der Waals surface area contributed by atoms with Gasteiger partial charge >= 0.3 is 0 Å². The van der Waals surface area contributed by atoms with Crippen LogP contribution in [0.5, 0.6) is 0 Å². The van der Waals surface area contributed by atoms with E-state index in [1.54, 1.807) is 28.0 Å². The third kappa shape index (κ3) is 2.97. The molecule has 0 aliphatic heterocycles. The smallest absolute Gasteiger partial charge is 0.225 e. The summed E-state index contributed by atoms with van der Waals surface area (Å²) in [5.41, 5.74) is 7.80. The zero-order valence-electron chi connectivity index (χ0n) is 14.0. The number of hydrogen-bond acceptors (Lipinski definition) is 5. The van der Waals surface area contributed by atoms with Crippen molar-refractivity contribution < 1.29 is 4.79 Å². The van der Waals surface area contributed by atoms with Crippen molar-refractivity contribution >= 4 is 5.91 Å².